The smallest absolute Gasteiger partial charge is 0.425 e. The van der Waals surface area contributed by atoms with Gasteiger partial charge in [0.15, 0.2) is 0 Å². The van der Waals surface area contributed by atoms with Gasteiger partial charge in [0.25, 0.3) is 0 Å². The number of hydrogen-bond acceptors (Lipinski definition) is 2. The molecule has 0 saturated carbocycles. The molecule has 0 N–H and O–H groups in total. The van der Waals surface area contributed by atoms with Crippen LogP contribution in [0.2, 0.25) is 0 Å². The van der Waals surface area contributed by atoms with E-state index in [-0.39, 0.29) is 0 Å². The fourth-order valence-electron chi connectivity index (χ4n) is 1.79. The standard InChI is InChI=1S/C13H19F3OS/c1-3-4-5-6-7-8-11-10(17-2)9-12(18-11)13(14,15)16/h9H,3-8H2,1-2H3. The summed E-state index contributed by atoms with van der Waals surface area (Å²) in [6.45, 7) is 2.14. The van der Waals surface area contributed by atoms with E-state index < -0.39 is 11.1 Å². The highest BCUT2D eigenvalue weighted by atomic mass is 32.1. The van der Waals surface area contributed by atoms with Crippen LogP contribution in [0.3, 0.4) is 0 Å². The number of ether oxygens (including phenoxy) is 1. The van der Waals surface area contributed by atoms with Crippen LogP contribution in [-0.2, 0) is 12.6 Å². The lowest BCUT2D eigenvalue weighted by Crippen LogP contribution is -2.00. The van der Waals surface area contributed by atoms with Crippen molar-refractivity contribution < 1.29 is 17.9 Å². The van der Waals surface area contributed by atoms with Gasteiger partial charge in [-0.05, 0) is 12.8 Å². The highest BCUT2D eigenvalue weighted by Gasteiger charge is 2.34. The van der Waals surface area contributed by atoms with Crippen LogP contribution >= 0.6 is 11.3 Å². The lowest BCUT2D eigenvalue weighted by molar-refractivity contribution is -0.134. The van der Waals surface area contributed by atoms with Gasteiger partial charge in [0.2, 0.25) is 0 Å². The Bertz CT molecular complexity index is 358. The molecule has 1 nitrogen and oxygen atoms in total. The van der Waals surface area contributed by atoms with Crippen molar-refractivity contribution >= 4 is 11.3 Å². The molecule has 18 heavy (non-hydrogen) atoms. The molecule has 0 aliphatic rings. The fourth-order valence-corrected chi connectivity index (χ4v) is 2.82. The van der Waals surface area contributed by atoms with Crippen molar-refractivity contribution in [2.45, 2.75) is 51.6 Å². The van der Waals surface area contributed by atoms with Gasteiger partial charge in [0.1, 0.15) is 10.6 Å². The van der Waals surface area contributed by atoms with Gasteiger partial charge in [-0.1, -0.05) is 32.6 Å². The predicted octanol–water partition coefficient (Wildman–Crippen LogP) is 5.29. The van der Waals surface area contributed by atoms with Gasteiger partial charge in [-0.2, -0.15) is 13.2 Å². The summed E-state index contributed by atoms with van der Waals surface area (Å²) in [4.78, 5) is 0.143. The molecule has 0 bridgehead atoms. The normalized spacial score (nSPS) is 11.8. The molecule has 0 radical (unpaired) electrons. The van der Waals surface area contributed by atoms with Gasteiger partial charge < -0.3 is 4.74 Å². The van der Waals surface area contributed by atoms with Gasteiger partial charge in [-0.15, -0.1) is 11.3 Å². The van der Waals surface area contributed by atoms with Crippen LogP contribution in [0.5, 0.6) is 5.75 Å². The summed E-state index contributed by atoms with van der Waals surface area (Å²) in [7, 11) is 1.42. The third kappa shape index (κ3) is 4.52. The molecule has 1 heterocycles. The molecule has 0 aliphatic carbocycles. The van der Waals surface area contributed by atoms with Crippen LogP contribution in [-0.4, -0.2) is 7.11 Å². The lowest BCUT2D eigenvalue weighted by Gasteiger charge is -2.02. The van der Waals surface area contributed by atoms with E-state index in [1.807, 2.05) is 0 Å². The second-order valence-electron chi connectivity index (χ2n) is 4.26. The molecule has 5 heteroatoms. The van der Waals surface area contributed by atoms with Crippen molar-refractivity contribution in [2.75, 3.05) is 7.11 Å². The molecule has 1 rings (SSSR count). The van der Waals surface area contributed by atoms with E-state index in [0.29, 0.717) is 17.0 Å². The highest BCUT2D eigenvalue weighted by Crippen LogP contribution is 2.40. The Morgan fingerprint density at radius 2 is 1.83 bits per heavy atom. The van der Waals surface area contributed by atoms with Gasteiger partial charge in [0, 0.05) is 10.9 Å². The zero-order valence-electron chi connectivity index (χ0n) is 10.8. The molecule has 0 fully saturated rings. The highest BCUT2D eigenvalue weighted by molar-refractivity contribution is 7.12. The minimum absolute atomic E-state index is 0.378. The Labute approximate surface area is 110 Å². The first-order chi connectivity index (χ1) is 8.49. The first-order valence-electron chi connectivity index (χ1n) is 6.23. The minimum atomic E-state index is -4.27. The molecule has 1 aromatic heterocycles. The molecule has 1 aromatic rings. The van der Waals surface area contributed by atoms with E-state index in [2.05, 4.69) is 6.92 Å². The topological polar surface area (TPSA) is 9.23 Å². The van der Waals surface area contributed by atoms with Crippen LogP contribution in [0.1, 0.15) is 48.8 Å². The number of hydrogen-bond donors (Lipinski definition) is 0. The van der Waals surface area contributed by atoms with E-state index in [4.69, 9.17) is 4.74 Å². The fraction of sp³-hybridized carbons (Fsp3) is 0.692. The van der Waals surface area contributed by atoms with Crippen molar-refractivity contribution in [1.29, 1.82) is 0 Å². The van der Waals surface area contributed by atoms with E-state index in [1.165, 1.54) is 20.0 Å². The Kier molecular flexibility index (Phi) is 5.99. The molecule has 0 spiro atoms. The van der Waals surface area contributed by atoms with Crippen LogP contribution in [0.4, 0.5) is 13.2 Å². The summed E-state index contributed by atoms with van der Waals surface area (Å²) < 4.78 is 42.7. The number of halogens is 3. The summed E-state index contributed by atoms with van der Waals surface area (Å²) in [6.07, 6.45) is 1.91. The van der Waals surface area contributed by atoms with Gasteiger partial charge >= 0.3 is 6.18 Å². The first-order valence-corrected chi connectivity index (χ1v) is 7.04. The molecular weight excluding hydrogens is 261 g/mol. The van der Waals surface area contributed by atoms with Gasteiger partial charge in [0.05, 0.1) is 7.11 Å². The zero-order chi connectivity index (χ0) is 13.6. The van der Waals surface area contributed by atoms with Gasteiger partial charge in [-0.25, -0.2) is 0 Å². The summed E-state index contributed by atoms with van der Waals surface area (Å²) in [5.41, 5.74) is 0. The number of thiophene rings is 1. The van der Waals surface area contributed by atoms with Crippen LogP contribution in [0.25, 0.3) is 0 Å². The number of unbranched alkanes of at least 4 members (excludes halogenated alkanes) is 4. The summed E-state index contributed by atoms with van der Waals surface area (Å²) in [5, 5.41) is 0. The average Bonchev–Trinajstić information content (AvgIpc) is 2.72. The SMILES string of the molecule is CCCCCCCc1sc(C(F)(F)F)cc1OC. The average molecular weight is 280 g/mol. The van der Waals surface area contributed by atoms with Crippen LogP contribution in [0.15, 0.2) is 6.07 Å². The first kappa shape index (κ1) is 15.3. The van der Waals surface area contributed by atoms with Crippen molar-refractivity contribution in [2.24, 2.45) is 0 Å². The van der Waals surface area contributed by atoms with E-state index in [0.717, 1.165) is 36.7 Å². The van der Waals surface area contributed by atoms with Crippen molar-refractivity contribution in [3.05, 3.63) is 15.8 Å². The third-order valence-electron chi connectivity index (χ3n) is 2.78. The van der Waals surface area contributed by atoms with E-state index in [9.17, 15) is 13.2 Å². The second kappa shape index (κ2) is 7.02. The molecule has 0 unspecified atom stereocenters. The molecule has 0 amide bonds. The van der Waals surface area contributed by atoms with Crippen molar-refractivity contribution in [3.8, 4) is 5.75 Å². The Balaban J connectivity index is 2.56. The summed E-state index contributed by atoms with van der Waals surface area (Å²) in [5.74, 6) is 0.378. The molecule has 0 aromatic carbocycles. The largest absolute Gasteiger partial charge is 0.496 e. The van der Waals surface area contributed by atoms with Gasteiger partial charge in [-0.3, -0.25) is 0 Å². The second-order valence-corrected chi connectivity index (χ2v) is 5.40. The van der Waals surface area contributed by atoms with Crippen LogP contribution in [0, 0.1) is 0 Å². The number of methoxy groups -OCH3 is 1. The Morgan fingerprint density at radius 3 is 2.39 bits per heavy atom. The Morgan fingerprint density at radius 1 is 1.17 bits per heavy atom. The molecule has 0 saturated heterocycles. The summed E-state index contributed by atoms with van der Waals surface area (Å²) >= 11 is 0.805. The molecular formula is C13H19F3OS. The van der Waals surface area contributed by atoms with E-state index in [1.54, 1.807) is 0 Å². The molecule has 0 aliphatic heterocycles. The number of aryl methyl sites for hydroxylation is 1. The maximum atomic E-state index is 12.6. The lowest BCUT2D eigenvalue weighted by atomic mass is 10.1. The molecule has 0 atom stereocenters. The third-order valence-corrected chi connectivity index (χ3v) is 4.00. The maximum Gasteiger partial charge on any atom is 0.425 e. The van der Waals surface area contributed by atoms with Crippen molar-refractivity contribution in [1.82, 2.24) is 0 Å². The minimum Gasteiger partial charge on any atom is -0.496 e. The maximum absolute atomic E-state index is 12.6. The Hall–Kier alpha value is -0.710. The zero-order valence-corrected chi connectivity index (χ0v) is 11.6. The quantitative estimate of drug-likeness (QED) is 0.617. The predicted molar refractivity (Wildman–Crippen MR) is 68.3 cm³/mol. The van der Waals surface area contributed by atoms with Crippen molar-refractivity contribution in [3.63, 3.8) is 0 Å². The number of alkyl halides is 3. The molecule has 104 valence electrons. The summed E-state index contributed by atoms with van der Waals surface area (Å²) in [6, 6.07) is 1.10. The van der Waals surface area contributed by atoms with Crippen LogP contribution < -0.4 is 4.74 Å². The van der Waals surface area contributed by atoms with E-state index >= 15 is 0 Å². The number of rotatable bonds is 7. The monoisotopic (exact) mass is 280 g/mol.